The van der Waals surface area contributed by atoms with Gasteiger partial charge in [-0.25, -0.2) is 22.9 Å². The Morgan fingerprint density at radius 3 is 2.78 bits per heavy atom. The standard InChI is InChI=1S/C17H18ClFN4O3S/c1-11-15(17(18)23(22-11)14-4-2-13(19)3-5-14)9-20-21-16(24)8-12-6-7-27(25,26)10-12/h2-5,9,12H,6-8,10H2,1H3,(H,21,24)/b20-9-/t12-/m1/s1. The molecule has 1 aliphatic heterocycles. The third kappa shape index (κ3) is 4.72. The van der Waals surface area contributed by atoms with Gasteiger partial charge in [-0.3, -0.25) is 4.79 Å². The van der Waals surface area contributed by atoms with Crippen LogP contribution in [-0.2, 0) is 14.6 Å². The maximum absolute atomic E-state index is 13.1. The van der Waals surface area contributed by atoms with Crippen LogP contribution in [0.4, 0.5) is 4.39 Å². The van der Waals surface area contributed by atoms with Crippen LogP contribution in [0.2, 0.25) is 5.15 Å². The summed E-state index contributed by atoms with van der Waals surface area (Å²) in [6.45, 7) is 1.73. The molecule has 0 radical (unpaired) electrons. The molecule has 2 heterocycles. The number of carbonyl (C=O) groups excluding carboxylic acids is 1. The number of halogens is 2. The fourth-order valence-corrected chi connectivity index (χ4v) is 5.10. The summed E-state index contributed by atoms with van der Waals surface area (Å²) in [4.78, 5) is 11.9. The number of sulfone groups is 1. The summed E-state index contributed by atoms with van der Waals surface area (Å²) in [5.74, 6) is -0.714. The van der Waals surface area contributed by atoms with Crippen molar-refractivity contribution in [3.8, 4) is 5.69 Å². The third-order valence-electron chi connectivity index (χ3n) is 4.30. The van der Waals surface area contributed by atoms with Crippen molar-refractivity contribution in [1.29, 1.82) is 0 Å². The molecule has 7 nitrogen and oxygen atoms in total. The smallest absolute Gasteiger partial charge is 0.240 e. The first-order valence-corrected chi connectivity index (χ1v) is 10.5. The van der Waals surface area contributed by atoms with E-state index in [-0.39, 0.29) is 40.7 Å². The van der Waals surface area contributed by atoms with Crippen LogP contribution in [0.3, 0.4) is 0 Å². The highest BCUT2D eigenvalue weighted by molar-refractivity contribution is 7.91. The lowest BCUT2D eigenvalue weighted by atomic mass is 10.1. The molecule has 0 unspecified atom stereocenters. The molecule has 1 amide bonds. The predicted octanol–water partition coefficient (Wildman–Crippen LogP) is 2.25. The second kappa shape index (κ2) is 7.77. The predicted molar refractivity (Wildman–Crippen MR) is 100 cm³/mol. The highest BCUT2D eigenvalue weighted by atomic mass is 35.5. The lowest BCUT2D eigenvalue weighted by molar-refractivity contribution is -0.121. The number of nitrogens with one attached hydrogen (secondary N) is 1. The average molecular weight is 413 g/mol. The summed E-state index contributed by atoms with van der Waals surface area (Å²) in [6, 6.07) is 5.71. The van der Waals surface area contributed by atoms with E-state index in [9.17, 15) is 17.6 Å². The van der Waals surface area contributed by atoms with Gasteiger partial charge in [-0.15, -0.1) is 0 Å². The molecule has 144 valence electrons. The summed E-state index contributed by atoms with van der Waals surface area (Å²) >= 11 is 6.32. The number of aryl methyl sites for hydroxylation is 1. The Morgan fingerprint density at radius 2 is 2.15 bits per heavy atom. The second-order valence-electron chi connectivity index (χ2n) is 6.44. The highest BCUT2D eigenvalue weighted by Gasteiger charge is 2.29. The fourth-order valence-electron chi connectivity index (χ4n) is 2.92. The summed E-state index contributed by atoms with van der Waals surface area (Å²) in [5.41, 5.74) is 4.09. The molecule has 0 aliphatic carbocycles. The molecule has 0 bridgehead atoms. The fraction of sp³-hybridized carbons (Fsp3) is 0.353. The first kappa shape index (κ1) is 19.5. The number of amides is 1. The van der Waals surface area contributed by atoms with Gasteiger partial charge in [-0.05, 0) is 43.5 Å². The van der Waals surface area contributed by atoms with Crippen LogP contribution < -0.4 is 5.43 Å². The lowest BCUT2D eigenvalue weighted by Crippen LogP contribution is -2.21. The van der Waals surface area contributed by atoms with Crippen molar-refractivity contribution in [2.45, 2.75) is 19.8 Å². The van der Waals surface area contributed by atoms with Crippen molar-refractivity contribution < 1.29 is 17.6 Å². The molecule has 3 rings (SSSR count). The number of hydrogen-bond donors (Lipinski definition) is 1. The number of carbonyl (C=O) groups is 1. The minimum absolute atomic E-state index is 0.0412. The van der Waals surface area contributed by atoms with E-state index < -0.39 is 9.84 Å². The summed E-state index contributed by atoms with van der Waals surface area (Å²) in [7, 11) is -3.01. The van der Waals surface area contributed by atoms with Gasteiger partial charge in [0.15, 0.2) is 9.84 Å². The molecule has 10 heteroatoms. The topological polar surface area (TPSA) is 93.4 Å². The molecule has 27 heavy (non-hydrogen) atoms. The van der Waals surface area contributed by atoms with Crippen molar-refractivity contribution in [1.82, 2.24) is 15.2 Å². The van der Waals surface area contributed by atoms with Gasteiger partial charge in [0, 0.05) is 6.42 Å². The van der Waals surface area contributed by atoms with Gasteiger partial charge in [0.1, 0.15) is 11.0 Å². The van der Waals surface area contributed by atoms with E-state index in [1.54, 1.807) is 19.1 Å². The van der Waals surface area contributed by atoms with E-state index in [4.69, 9.17) is 11.6 Å². The van der Waals surface area contributed by atoms with Gasteiger partial charge in [0.25, 0.3) is 0 Å². The van der Waals surface area contributed by atoms with Crippen LogP contribution in [0.5, 0.6) is 0 Å². The normalized spacial score (nSPS) is 18.9. The second-order valence-corrected chi connectivity index (χ2v) is 9.03. The summed E-state index contributed by atoms with van der Waals surface area (Å²) < 4.78 is 37.4. The Kier molecular flexibility index (Phi) is 5.61. The molecule has 1 N–H and O–H groups in total. The van der Waals surface area contributed by atoms with Gasteiger partial charge in [0.05, 0.1) is 34.7 Å². The maximum atomic E-state index is 13.1. The van der Waals surface area contributed by atoms with Crippen LogP contribution in [0.25, 0.3) is 5.69 Å². The minimum atomic E-state index is -3.01. The van der Waals surface area contributed by atoms with Crippen molar-refractivity contribution >= 4 is 33.6 Å². The van der Waals surface area contributed by atoms with Gasteiger partial charge in [0.2, 0.25) is 5.91 Å². The molecule has 0 saturated carbocycles. The van der Waals surface area contributed by atoms with Crippen LogP contribution in [-0.4, -0.2) is 41.8 Å². The molecule has 1 aliphatic rings. The lowest BCUT2D eigenvalue weighted by Gasteiger charge is -2.05. The van der Waals surface area contributed by atoms with Crippen LogP contribution in [0, 0.1) is 18.7 Å². The molecule has 1 aromatic carbocycles. The van der Waals surface area contributed by atoms with Crippen LogP contribution in [0.15, 0.2) is 29.4 Å². The largest absolute Gasteiger partial charge is 0.273 e. The van der Waals surface area contributed by atoms with E-state index in [0.29, 0.717) is 23.4 Å². The van der Waals surface area contributed by atoms with Crippen molar-refractivity contribution in [3.05, 3.63) is 46.5 Å². The zero-order chi connectivity index (χ0) is 19.6. The van der Waals surface area contributed by atoms with Crippen molar-refractivity contribution in [2.24, 2.45) is 11.0 Å². The number of hydrazone groups is 1. The molecule has 2 aromatic rings. The van der Waals surface area contributed by atoms with Gasteiger partial charge < -0.3 is 0 Å². The highest BCUT2D eigenvalue weighted by Crippen LogP contribution is 2.23. The first-order chi connectivity index (χ1) is 12.7. The van der Waals surface area contributed by atoms with Crippen molar-refractivity contribution in [3.63, 3.8) is 0 Å². The Hall–Kier alpha value is -2.26. The molecular weight excluding hydrogens is 395 g/mol. The van der Waals surface area contributed by atoms with Gasteiger partial charge in [-0.2, -0.15) is 10.2 Å². The summed E-state index contributed by atoms with van der Waals surface area (Å²) in [5, 5.41) is 8.47. The number of benzene rings is 1. The zero-order valence-electron chi connectivity index (χ0n) is 14.5. The van der Waals surface area contributed by atoms with Crippen LogP contribution in [0.1, 0.15) is 24.1 Å². The molecule has 1 saturated heterocycles. The SMILES string of the molecule is Cc1nn(-c2ccc(F)cc2)c(Cl)c1/C=N\NC(=O)C[C@H]1CCS(=O)(=O)C1. The Labute approximate surface area is 161 Å². The molecule has 1 fully saturated rings. The van der Waals surface area contributed by atoms with Crippen LogP contribution >= 0.6 is 11.6 Å². The van der Waals surface area contributed by atoms with Gasteiger partial charge >= 0.3 is 0 Å². The van der Waals surface area contributed by atoms with E-state index in [1.165, 1.54) is 23.0 Å². The van der Waals surface area contributed by atoms with Crippen molar-refractivity contribution in [2.75, 3.05) is 11.5 Å². The first-order valence-electron chi connectivity index (χ1n) is 8.28. The van der Waals surface area contributed by atoms with E-state index in [1.807, 2.05) is 0 Å². The number of aromatic nitrogens is 2. The number of hydrogen-bond acceptors (Lipinski definition) is 5. The van der Waals surface area contributed by atoms with E-state index in [0.717, 1.165) is 0 Å². The van der Waals surface area contributed by atoms with E-state index in [2.05, 4.69) is 15.6 Å². The molecular formula is C17H18ClFN4O3S. The van der Waals surface area contributed by atoms with E-state index >= 15 is 0 Å². The zero-order valence-corrected chi connectivity index (χ0v) is 16.1. The average Bonchev–Trinajstić information content (AvgIpc) is 3.08. The molecule has 1 aromatic heterocycles. The maximum Gasteiger partial charge on any atom is 0.240 e. The molecule has 1 atom stereocenters. The minimum Gasteiger partial charge on any atom is -0.273 e. The monoisotopic (exact) mass is 412 g/mol. The Bertz CT molecular complexity index is 986. The third-order valence-corrected chi connectivity index (χ3v) is 6.50. The molecule has 0 spiro atoms. The van der Waals surface area contributed by atoms with Gasteiger partial charge in [-0.1, -0.05) is 11.6 Å². The Morgan fingerprint density at radius 1 is 1.44 bits per heavy atom. The quantitative estimate of drug-likeness (QED) is 0.602. The number of rotatable bonds is 5. The number of nitrogens with zero attached hydrogens (tertiary/aromatic N) is 3. The summed E-state index contributed by atoms with van der Waals surface area (Å²) in [6.07, 6.45) is 1.99. The Balaban J connectivity index is 1.65.